The van der Waals surface area contributed by atoms with Gasteiger partial charge in [0.25, 0.3) is 10.0 Å². The summed E-state index contributed by atoms with van der Waals surface area (Å²) in [5.74, 6) is 0. The number of aromatic nitrogens is 2. The van der Waals surface area contributed by atoms with Crippen molar-refractivity contribution in [1.82, 2.24) is 13.3 Å². The van der Waals surface area contributed by atoms with E-state index >= 15 is 0 Å². The number of sulfonamides is 1. The first-order valence-corrected chi connectivity index (χ1v) is 14.8. The van der Waals surface area contributed by atoms with Crippen LogP contribution in [0.25, 0.3) is 33.3 Å². The van der Waals surface area contributed by atoms with Gasteiger partial charge in [0.1, 0.15) is 0 Å². The summed E-state index contributed by atoms with van der Waals surface area (Å²) in [6.45, 7) is 1.89. The van der Waals surface area contributed by atoms with Gasteiger partial charge in [0.2, 0.25) is 10.0 Å². The van der Waals surface area contributed by atoms with Crippen molar-refractivity contribution in [2.75, 3.05) is 14.1 Å². The highest BCUT2D eigenvalue weighted by Crippen LogP contribution is 2.39. The summed E-state index contributed by atoms with van der Waals surface area (Å²) in [6, 6.07) is 17.0. The number of fused-ring (bicyclic) bond motifs is 1. The Morgan fingerprint density at radius 2 is 1.61 bits per heavy atom. The number of thiophene rings is 1. The molecule has 7 nitrogen and oxygen atoms in total. The third-order valence-electron chi connectivity index (χ3n) is 5.99. The van der Waals surface area contributed by atoms with Crippen LogP contribution in [0.4, 0.5) is 0 Å². The second-order valence-electron chi connectivity index (χ2n) is 8.54. The van der Waals surface area contributed by atoms with Crippen LogP contribution in [0.5, 0.6) is 0 Å². The lowest BCUT2D eigenvalue weighted by Crippen LogP contribution is -2.22. The highest BCUT2D eigenvalue weighted by atomic mass is 32.2. The molecule has 10 heteroatoms. The van der Waals surface area contributed by atoms with Crippen molar-refractivity contribution < 1.29 is 16.8 Å². The minimum absolute atomic E-state index is 0.119. The quantitative estimate of drug-likeness (QED) is 0.296. The topological polar surface area (TPSA) is 89.3 Å². The molecule has 0 saturated heterocycles. The van der Waals surface area contributed by atoms with Gasteiger partial charge in [-0.1, -0.05) is 29.8 Å². The highest BCUT2D eigenvalue weighted by molar-refractivity contribution is 7.90. The van der Waals surface area contributed by atoms with Crippen LogP contribution in [0, 0.1) is 6.92 Å². The van der Waals surface area contributed by atoms with E-state index in [1.54, 1.807) is 48.7 Å². The lowest BCUT2D eigenvalue weighted by atomic mass is 10.00. The van der Waals surface area contributed by atoms with Crippen LogP contribution in [-0.4, -0.2) is 44.2 Å². The van der Waals surface area contributed by atoms with E-state index in [1.165, 1.54) is 41.7 Å². The first-order chi connectivity index (χ1) is 17.1. The Morgan fingerprint density at radius 1 is 0.861 bits per heavy atom. The Balaban J connectivity index is 1.83. The molecular weight excluding hydrogens is 515 g/mol. The van der Waals surface area contributed by atoms with E-state index in [-0.39, 0.29) is 15.4 Å². The molecule has 3 heterocycles. The predicted octanol–water partition coefficient (Wildman–Crippen LogP) is 5.23. The van der Waals surface area contributed by atoms with Gasteiger partial charge in [0, 0.05) is 37.4 Å². The van der Waals surface area contributed by atoms with Crippen molar-refractivity contribution in [3.63, 3.8) is 0 Å². The van der Waals surface area contributed by atoms with Crippen LogP contribution in [0.3, 0.4) is 0 Å². The van der Waals surface area contributed by atoms with E-state index < -0.39 is 20.0 Å². The fraction of sp³-hybridized carbons (Fsp3) is 0.115. The first kappa shape index (κ1) is 24.4. The molecule has 0 aliphatic carbocycles. The molecule has 0 unspecified atom stereocenters. The monoisotopic (exact) mass is 537 g/mol. The normalized spacial score (nSPS) is 12.4. The summed E-state index contributed by atoms with van der Waals surface area (Å²) < 4.78 is 55.5. The molecule has 3 aromatic heterocycles. The Hall–Kier alpha value is -3.31. The maximum absolute atomic E-state index is 13.7. The summed E-state index contributed by atoms with van der Waals surface area (Å²) >= 11 is 1.53. The van der Waals surface area contributed by atoms with Gasteiger partial charge in [-0.2, -0.15) is 11.3 Å². The maximum atomic E-state index is 13.7. The lowest BCUT2D eigenvalue weighted by molar-refractivity contribution is 0.521. The minimum atomic E-state index is -3.98. The van der Waals surface area contributed by atoms with E-state index in [2.05, 4.69) is 4.98 Å². The molecule has 0 bridgehead atoms. The zero-order valence-corrected chi connectivity index (χ0v) is 22.2. The zero-order chi connectivity index (χ0) is 25.7. The maximum Gasteiger partial charge on any atom is 0.269 e. The van der Waals surface area contributed by atoms with E-state index in [1.807, 2.05) is 29.8 Å². The Morgan fingerprint density at radius 3 is 2.28 bits per heavy atom. The lowest BCUT2D eigenvalue weighted by Gasteiger charge is -2.12. The van der Waals surface area contributed by atoms with E-state index in [0.717, 1.165) is 21.0 Å². The molecule has 2 aromatic carbocycles. The summed E-state index contributed by atoms with van der Waals surface area (Å²) in [7, 11) is -4.72. The van der Waals surface area contributed by atoms with Crippen molar-refractivity contribution in [2.45, 2.75) is 16.7 Å². The Kier molecular flexibility index (Phi) is 6.08. The molecule has 0 N–H and O–H groups in total. The molecule has 5 aromatic rings. The van der Waals surface area contributed by atoms with Gasteiger partial charge in [-0.3, -0.25) is 0 Å². The number of benzene rings is 2. The summed E-state index contributed by atoms with van der Waals surface area (Å²) in [4.78, 5) is 4.73. The van der Waals surface area contributed by atoms with Crippen molar-refractivity contribution in [3.8, 4) is 22.3 Å². The second-order valence-corrected chi connectivity index (χ2v) is 13.3. The highest BCUT2D eigenvalue weighted by Gasteiger charge is 2.26. The number of hydrogen-bond donors (Lipinski definition) is 0. The molecule has 0 aliphatic heterocycles. The zero-order valence-electron chi connectivity index (χ0n) is 19.8. The van der Waals surface area contributed by atoms with Gasteiger partial charge in [0.15, 0.2) is 5.65 Å². The molecule has 0 fully saturated rings. The number of aryl methyl sites for hydroxylation is 1. The largest absolute Gasteiger partial charge is 0.269 e. The number of pyridine rings is 1. The fourth-order valence-corrected chi connectivity index (χ4v) is 6.97. The average Bonchev–Trinajstić information content (AvgIpc) is 3.53. The third kappa shape index (κ3) is 4.05. The molecule has 5 rings (SSSR count). The van der Waals surface area contributed by atoms with E-state index in [0.29, 0.717) is 16.5 Å². The van der Waals surface area contributed by atoms with Crippen LogP contribution >= 0.6 is 11.3 Å². The minimum Gasteiger partial charge on any atom is -0.237 e. The summed E-state index contributed by atoms with van der Waals surface area (Å²) in [6.07, 6.45) is 3.12. The average molecular weight is 538 g/mol. The molecule has 0 radical (unpaired) electrons. The smallest absolute Gasteiger partial charge is 0.237 e. The van der Waals surface area contributed by atoms with Crippen LogP contribution in [-0.2, 0) is 20.0 Å². The fourth-order valence-electron chi connectivity index (χ4n) is 4.05. The van der Waals surface area contributed by atoms with Gasteiger partial charge >= 0.3 is 0 Å². The Labute approximate surface area is 214 Å². The molecule has 184 valence electrons. The third-order valence-corrected chi connectivity index (χ3v) is 10.1. The van der Waals surface area contributed by atoms with Gasteiger partial charge in [-0.15, -0.1) is 0 Å². The molecule has 0 saturated carbocycles. The first-order valence-electron chi connectivity index (χ1n) is 11.0. The summed E-state index contributed by atoms with van der Waals surface area (Å²) in [5, 5.41) is 4.56. The molecule has 0 spiro atoms. The van der Waals surface area contributed by atoms with E-state index in [9.17, 15) is 16.8 Å². The van der Waals surface area contributed by atoms with Crippen molar-refractivity contribution in [1.29, 1.82) is 0 Å². The van der Waals surface area contributed by atoms with Gasteiger partial charge < -0.3 is 0 Å². The van der Waals surface area contributed by atoms with Crippen LogP contribution in [0.1, 0.15) is 5.56 Å². The SMILES string of the molecule is Cc1ccc(S(=O)(=O)n2cc(-c3cccc(S(=O)(=O)N(C)C)c3)c3c(-c4ccsc4)ccnc32)cc1. The van der Waals surface area contributed by atoms with Gasteiger partial charge in [0.05, 0.1) is 9.79 Å². The van der Waals surface area contributed by atoms with Crippen LogP contribution in [0.2, 0.25) is 0 Å². The molecule has 36 heavy (non-hydrogen) atoms. The van der Waals surface area contributed by atoms with Crippen LogP contribution in [0.15, 0.2) is 93.6 Å². The van der Waals surface area contributed by atoms with Crippen molar-refractivity contribution in [2.24, 2.45) is 0 Å². The number of nitrogens with zero attached hydrogens (tertiary/aromatic N) is 3. The van der Waals surface area contributed by atoms with Crippen molar-refractivity contribution >= 4 is 42.4 Å². The second kappa shape index (κ2) is 8.97. The predicted molar refractivity (Wildman–Crippen MR) is 143 cm³/mol. The number of hydrogen-bond acceptors (Lipinski definition) is 6. The van der Waals surface area contributed by atoms with Gasteiger partial charge in [-0.25, -0.2) is 30.1 Å². The van der Waals surface area contributed by atoms with Gasteiger partial charge in [-0.05, 0) is 70.8 Å². The molecule has 0 aliphatic rings. The standard InChI is InChI=1S/C26H23N3O4S3/c1-18-7-9-21(10-8-18)36(32,33)29-16-24(19-5-4-6-22(15-19)35(30,31)28(2)3)25-23(11-13-27-26(25)29)20-12-14-34-17-20/h4-17H,1-3H3. The van der Waals surface area contributed by atoms with Crippen molar-refractivity contribution in [3.05, 3.63) is 89.4 Å². The molecule has 0 amide bonds. The Bertz CT molecular complexity index is 1790. The molecule has 0 atom stereocenters. The van der Waals surface area contributed by atoms with Crippen LogP contribution < -0.4 is 0 Å². The summed E-state index contributed by atoms with van der Waals surface area (Å²) in [5.41, 5.74) is 4.11. The molecular formula is C26H23N3O4S3. The van der Waals surface area contributed by atoms with E-state index in [4.69, 9.17) is 0 Å². The number of rotatable bonds is 6.